The summed E-state index contributed by atoms with van der Waals surface area (Å²) < 4.78 is 13.1. The van der Waals surface area contributed by atoms with Crippen LogP contribution in [0.5, 0.6) is 0 Å². The van der Waals surface area contributed by atoms with Crippen LogP contribution in [0.15, 0.2) is 24.3 Å². The molecule has 1 aromatic rings. The summed E-state index contributed by atoms with van der Waals surface area (Å²) in [4.78, 5) is 31.0. The molecule has 1 aromatic carbocycles. The molecule has 3 fully saturated rings. The smallest absolute Gasteiger partial charge is 0.228 e. The number of carbonyl (C=O) groups is 2. The Balaban J connectivity index is 1.36. The normalized spacial score (nSPS) is 24.6. The van der Waals surface area contributed by atoms with Gasteiger partial charge in [-0.3, -0.25) is 9.59 Å². The molecule has 0 bridgehead atoms. The van der Waals surface area contributed by atoms with Crippen molar-refractivity contribution in [1.82, 2.24) is 9.80 Å². The van der Waals surface area contributed by atoms with Gasteiger partial charge >= 0.3 is 0 Å². The van der Waals surface area contributed by atoms with Crippen LogP contribution >= 0.6 is 0 Å². The predicted octanol–water partition coefficient (Wildman–Crippen LogP) is 1.88. The number of nitrogens with zero attached hydrogens (tertiary/aromatic N) is 3. The van der Waals surface area contributed by atoms with E-state index in [-0.39, 0.29) is 23.5 Å². The van der Waals surface area contributed by atoms with Gasteiger partial charge in [0.25, 0.3) is 0 Å². The van der Waals surface area contributed by atoms with Gasteiger partial charge in [-0.15, -0.1) is 0 Å². The van der Waals surface area contributed by atoms with E-state index in [2.05, 4.69) is 4.90 Å². The fourth-order valence-electron chi connectivity index (χ4n) is 3.94. The van der Waals surface area contributed by atoms with Gasteiger partial charge in [0.1, 0.15) is 5.82 Å². The second-order valence-corrected chi connectivity index (χ2v) is 7.32. The Morgan fingerprint density at radius 1 is 1.04 bits per heavy atom. The van der Waals surface area contributed by atoms with Crippen LogP contribution in [0.25, 0.3) is 0 Å². The molecule has 1 aliphatic carbocycles. The van der Waals surface area contributed by atoms with Gasteiger partial charge in [-0.25, -0.2) is 4.39 Å². The third kappa shape index (κ3) is 3.48. The van der Waals surface area contributed by atoms with Crippen molar-refractivity contribution in [3.63, 3.8) is 0 Å². The molecule has 2 amide bonds. The average Bonchev–Trinajstić information content (AvgIpc) is 3.41. The number of benzene rings is 1. The molecule has 1 saturated carbocycles. The van der Waals surface area contributed by atoms with Gasteiger partial charge in [-0.05, 0) is 43.5 Å². The second kappa shape index (κ2) is 6.65. The Morgan fingerprint density at radius 2 is 1.80 bits per heavy atom. The third-order valence-corrected chi connectivity index (χ3v) is 5.49. The number of anilines is 1. The maximum atomic E-state index is 13.1. The summed E-state index contributed by atoms with van der Waals surface area (Å²) in [6.45, 7) is 3.58. The molecular weight excluding hydrogens is 321 g/mol. The van der Waals surface area contributed by atoms with E-state index < -0.39 is 0 Å². The van der Waals surface area contributed by atoms with Crippen LogP contribution in [-0.2, 0) is 9.59 Å². The summed E-state index contributed by atoms with van der Waals surface area (Å²) in [6, 6.07) is 6.91. The summed E-state index contributed by atoms with van der Waals surface area (Å²) >= 11 is 0. The molecule has 3 aliphatic rings. The zero-order valence-electron chi connectivity index (χ0n) is 14.4. The molecule has 0 radical (unpaired) electrons. The topological polar surface area (TPSA) is 43.9 Å². The highest BCUT2D eigenvalue weighted by molar-refractivity contribution is 5.89. The first-order chi connectivity index (χ1) is 12.1. The van der Waals surface area contributed by atoms with Gasteiger partial charge in [-0.1, -0.05) is 0 Å². The molecule has 0 unspecified atom stereocenters. The van der Waals surface area contributed by atoms with Crippen LogP contribution in [0.1, 0.15) is 25.7 Å². The number of likely N-dealkylation sites (tertiary alicyclic amines) is 1. The van der Waals surface area contributed by atoms with Crippen LogP contribution < -0.4 is 4.90 Å². The van der Waals surface area contributed by atoms with E-state index in [0.29, 0.717) is 25.6 Å². The lowest BCUT2D eigenvalue weighted by atomic mass is 10.1. The van der Waals surface area contributed by atoms with E-state index in [0.717, 1.165) is 44.6 Å². The fraction of sp³-hybridized carbons (Fsp3) is 0.579. The van der Waals surface area contributed by atoms with Crippen LogP contribution in [0.4, 0.5) is 10.1 Å². The van der Waals surface area contributed by atoms with Crippen LogP contribution in [0.3, 0.4) is 0 Å². The molecule has 0 aromatic heterocycles. The summed E-state index contributed by atoms with van der Waals surface area (Å²) in [6.07, 6.45) is 3.43. The number of rotatable bonds is 3. The molecule has 134 valence electrons. The molecule has 2 saturated heterocycles. The Kier molecular flexibility index (Phi) is 4.36. The molecule has 5 nitrogen and oxygen atoms in total. The van der Waals surface area contributed by atoms with Crippen molar-refractivity contribution in [3.8, 4) is 0 Å². The Bertz CT molecular complexity index is 659. The van der Waals surface area contributed by atoms with Crippen molar-refractivity contribution in [2.45, 2.75) is 31.7 Å². The van der Waals surface area contributed by atoms with Gasteiger partial charge in [-0.2, -0.15) is 0 Å². The maximum Gasteiger partial charge on any atom is 0.228 e. The number of amides is 2. The first-order valence-electron chi connectivity index (χ1n) is 9.20. The lowest BCUT2D eigenvalue weighted by Crippen LogP contribution is -2.40. The van der Waals surface area contributed by atoms with Crippen molar-refractivity contribution in [2.24, 2.45) is 5.92 Å². The number of carbonyl (C=O) groups excluding carboxylic acids is 2. The molecule has 2 aliphatic heterocycles. The minimum absolute atomic E-state index is 0.123. The third-order valence-electron chi connectivity index (χ3n) is 5.49. The number of hydrogen-bond acceptors (Lipinski definition) is 3. The van der Waals surface area contributed by atoms with Gasteiger partial charge < -0.3 is 14.7 Å². The lowest BCUT2D eigenvalue weighted by molar-refractivity contribution is -0.135. The van der Waals surface area contributed by atoms with Gasteiger partial charge in [0.05, 0.1) is 5.92 Å². The maximum absolute atomic E-state index is 13.1. The van der Waals surface area contributed by atoms with Crippen LogP contribution in [-0.4, -0.2) is 60.4 Å². The van der Waals surface area contributed by atoms with E-state index in [9.17, 15) is 14.0 Å². The summed E-state index contributed by atoms with van der Waals surface area (Å²) in [7, 11) is 0. The Hall–Kier alpha value is -2.11. The van der Waals surface area contributed by atoms with Crippen LogP contribution in [0.2, 0.25) is 0 Å². The Morgan fingerprint density at radius 3 is 2.52 bits per heavy atom. The minimum atomic E-state index is -0.235. The molecular formula is C19H24FN3O2. The average molecular weight is 345 g/mol. The molecule has 0 spiro atoms. The minimum Gasteiger partial charge on any atom is -0.370 e. The molecule has 25 heavy (non-hydrogen) atoms. The quantitative estimate of drug-likeness (QED) is 0.840. The molecule has 6 heteroatoms. The highest BCUT2D eigenvalue weighted by atomic mass is 19.1. The van der Waals surface area contributed by atoms with E-state index >= 15 is 0 Å². The SMILES string of the molecule is O=C([C@H]1CC(=O)N(C2CC2)C1)N1CCCN(c2ccc(F)cc2)CC1. The zero-order valence-corrected chi connectivity index (χ0v) is 14.4. The van der Waals surface area contributed by atoms with Gasteiger partial charge in [0.15, 0.2) is 0 Å². The number of hydrogen-bond donors (Lipinski definition) is 0. The molecule has 2 heterocycles. The molecule has 4 rings (SSSR count). The zero-order chi connectivity index (χ0) is 17.4. The molecule has 0 N–H and O–H groups in total. The predicted molar refractivity (Wildman–Crippen MR) is 92.7 cm³/mol. The van der Waals surface area contributed by atoms with Crippen molar-refractivity contribution in [2.75, 3.05) is 37.6 Å². The standard InChI is InChI=1S/C19H24FN3O2/c20-15-2-4-16(5-3-15)21-8-1-9-22(11-10-21)19(25)14-12-18(24)23(13-14)17-6-7-17/h2-5,14,17H,1,6-13H2/t14-/m0/s1. The first kappa shape index (κ1) is 16.4. The van der Waals surface area contributed by atoms with Gasteiger partial charge in [0, 0.05) is 50.9 Å². The highest BCUT2D eigenvalue weighted by Crippen LogP contribution is 2.33. The van der Waals surface area contributed by atoms with Crippen LogP contribution in [0, 0.1) is 11.7 Å². The first-order valence-corrected chi connectivity index (χ1v) is 9.20. The van der Waals surface area contributed by atoms with Crippen molar-refractivity contribution in [3.05, 3.63) is 30.1 Å². The Labute approximate surface area is 147 Å². The largest absolute Gasteiger partial charge is 0.370 e. The lowest BCUT2D eigenvalue weighted by Gasteiger charge is -2.25. The van der Waals surface area contributed by atoms with E-state index in [1.807, 2.05) is 9.80 Å². The highest BCUT2D eigenvalue weighted by Gasteiger charge is 2.42. The summed E-state index contributed by atoms with van der Waals surface area (Å²) in [5.41, 5.74) is 0.992. The number of halogens is 1. The summed E-state index contributed by atoms with van der Waals surface area (Å²) in [5.74, 6) is -0.145. The van der Waals surface area contributed by atoms with Crippen molar-refractivity contribution < 1.29 is 14.0 Å². The van der Waals surface area contributed by atoms with Crippen molar-refractivity contribution in [1.29, 1.82) is 0 Å². The van der Waals surface area contributed by atoms with Crippen molar-refractivity contribution >= 4 is 17.5 Å². The van der Waals surface area contributed by atoms with E-state index in [1.165, 1.54) is 12.1 Å². The van der Waals surface area contributed by atoms with E-state index in [1.54, 1.807) is 12.1 Å². The fourth-order valence-corrected chi connectivity index (χ4v) is 3.94. The monoisotopic (exact) mass is 345 g/mol. The second-order valence-electron chi connectivity index (χ2n) is 7.32. The van der Waals surface area contributed by atoms with E-state index in [4.69, 9.17) is 0 Å². The molecule has 1 atom stereocenters. The van der Waals surface area contributed by atoms with Gasteiger partial charge in [0.2, 0.25) is 11.8 Å². The summed E-state index contributed by atoms with van der Waals surface area (Å²) in [5, 5.41) is 0.